The second kappa shape index (κ2) is 18.9. The third kappa shape index (κ3) is 11.3. The van der Waals surface area contributed by atoms with Crippen LogP contribution in [0.25, 0.3) is 11.1 Å². The Morgan fingerprint density at radius 1 is 0.592 bits per heavy atom. The summed E-state index contributed by atoms with van der Waals surface area (Å²) >= 11 is 0. The lowest BCUT2D eigenvalue weighted by molar-refractivity contribution is -0.122. The summed E-state index contributed by atoms with van der Waals surface area (Å²) in [6.45, 7) is 1.83. The van der Waals surface area contributed by atoms with Crippen LogP contribution in [-0.4, -0.2) is 55.3 Å². The average Bonchev–Trinajstić information content (AvgIpc) is 3.12. The third-order valence-corrected chi connectivity index (χ3v) is 9.16. The van der Waals surface area contributed by atoms with E-state index in [1.165, 1.54) is 7.11 Å². The molecular formula is C42H50O7. The van der Waals surface area contributed by atoms with Gasteiger partial charge in [-0.05, 0) is 91.5 Å². The molecule has 7 nitrogen and oxygen atoms in total. The first-order chi connectivity index (χ1) is 23.7. The van der Waals surface area contributed by atoms with Crippen molar-refractivity contribution in [3.05, 3.63) is 113 Å². The van der Waals surface area contributed by atoms with Crippen LogP contribution in [0.3, 0.4) is 0 Å². The standard InChI is InChI=1S/C42H50O7/c1-29-23-32(17-21-36(47-2)27-34(43)19-15-30-11-7-5-8-12-30)24-38(41(29)45)39-25-33(26-40(49-4)42(39)46)18-22-37(48-3)28-35(44)20-16-31-13-9-6-10-14-31/h5-14,23-26,36-37,45-46H,15-22,27-28H2,1-4H3. The van der Waals surface area contributed by atoms with Gasteiger partial charge in [0.25, 0.3) is 0 Å². The number of aryl methyl sites for hydroxylation is 5. The summed E-state index contributed by atoms with van der Waals surface area (Å²) in [6.07, 6.45) is 5.00. The smallest absolute Gasteiger partial charge is 0.165 e. The van der Waals surface area contributed by atoms with E-state index in [4.69, 9.17) is 14.2 Å². The maximum Gasteiger partial charge on any atom is 0.165 e. The molecule has 0 aliphatic carbocycles. The van der Waals surface area contributed by atoms with Crippen LogP contribution in [0, 0.1) is 6.92 Å². The Hall–Kier alpha value is -4.46. The molecule has 2 N–H and O–H groups in total. The molecule has 0 radical (unpaired) electrons. The first-order valence-corrected chi connectivity index (χ1v) is 17.1. The van der Waals surface area contributed by atoms with Gasteiger partial charge in [0, 0.05) is 51.0 Å². The largest absolute Gasteiger partial charge is 0.507 e. The number of carbonyl (C=O) groups excluding carboxylic acids is 2. The fraction of sp³-hybridized carbons (Fsp3) is 0.381. The number of ether oxygens (including phenoxy) is 3. The summed E-state index contributed by atoms with van der Waals surface area (Å²) in [6, 6.07) is 27.4. The number of phenolic OH excluding ortho intramolecular Hbond substituents is 2. The second-order valence-corrected chi connectivity index (χ2v) is 12.8. The molecule has 0 amide bonds. The van der Waals surface area contributed by atoms with Gasteiger partial charge in [-0.25, -0.2) is 0 Å². The Bertz CT molecular complexity index is 1650. The predicted molar refractivity (Wildman–Crippen MR) is 194 cm³/mol. The number of benzene rings is 4. The van der Waals surface area contributed by atoms with Gasteiger partial charge in [-0.3, -0.25) is 9.59 Å². The number of carbonyl (C=O) groups is 2. The Labute approximate surface area is 290 Å². The minimum absolute atomic E-state index is 0.0590. The van der Waals surface area contributed by atoms with Crippen LogP contribution in [0.5, 0.6) is 17.2 Å². The topological polar surface area (TPSA) is 102 Å². The molecule has 4 aromatic carbocycles. The van der Waals surface area contributed by atoms with Gasteiger partial charge < -0.3 is 24.4 Å². The zero-order valence-corrected chi connectivity index (χ0v) is 29.2. The second-order valence-electron chi connectivity index (χ2n) is 12.8. The van der Waals surface area contributed by atoms with Gasteiger partial charge in [0.2, 0.25) is 0 Å². The van der Waals surface area contributed by atoms with E-state index in [9.17, 15) is 19.8 Å². The van der Waals surface area contributed by atoms with E-state index < -0.39 is 0 Å². The fourth-order valence-corrected chi connectivity index (χ4v) is 6.20. The van der Waals surface area contributed by atoms with Gasteiger partial charge in [-0.2, -0.15) is 0 Å². The van der Waals surface area contributed by atoms with E-state index in [-0.39, 0.29) is 35.3 Å². The number of aromatic hydroxyl groups is 2. The summed E-state index contributed by atoms with van der Waals surface area (Å²) in [5.74, 6) is 0.646. The Morgan fingerprint density at radius 3 is 1.49 bits per heavy atom. The molecular weight excluding hydrogens is 616 g/mol. The minimum atomic E-state index is -0.246. The molecule has 0 aliphatic heterocycles. The number of Topliss-reactive ketones (excluding diaryl/α,β-unsaturated/α-hetero) is 2. The van der Waals surface area contributed by atoms with Gasteiger partial charge in [0.15, 0.2) is 11.5 Å². The number of phenols is 2. The molecule has 0 aliphatic rings. The molecule has 0 fully saturated rings. The normalized spacial score (nSPS) is 12.4. The highest BCUT2D eigenvalue weighted by Crippen LogP contribution is 2.43. The lowest BCUT2D eigenvalue weighted by Crippen LogP contribution is -2.17. The van der Waals surface area contributed by atoms with Crippen LogP contribution in [0.4, 0.5) is 0 Å². The predicted octanol–water partition coefficient (Wildman–Crippen LogP) is 8.16. The number of methoxy groups -OCH3 is 3. The van der Waals surface area contributed by atoms with E-state index in [1.807, 2.05) is 85.8 Å². The van der Waals surface area contributed by atoms with E-state index in [2.05, 4.69) is 0 Å². The fourth-order valence-electron chi connectivity index (χ4n) is 6.20. The zero-order valence-electron chi connectivity index (χ0n) is 29.2. The number of hydrogen-bond donors (Lipinski definition) is 2. The van der Waals surface area contributed by atoms with Crippen molar-refractivity contribution >= 4 is 11.6 Å². The van der Waals surface area contributed by atoms with Crippen LogP contribution in [0.15, 0.2) is 84.9 Å². The van der Waals surface area contributed by atoms with Gasteiger partial charge >= 0.3 is 0 Å². The van der Waals surface area contributed by atoms with E-state index in [0.29, 0.717) is 86.6 Å². The number of rotatable bonds is 20. The van der Waals surface area contributed by atoms with Crippen molar-refractivity contribution in [2.24, 2.45) is 0 Å². The summed E-state index contributed by atoms with van der Waals surface area (Å²) < 4.78 is 16.9. The van der Waals surface area contributed by atoms with E-state index in [0.717, 1.165) is 22.3 Å². The number of ketones is 2. The van der Waals surface area contributed by atoms with Crippen molar-refractivity contribution in [3.8, 4) is 28.4 Å². The zero-order chi connectivity index (χ0) is 35.2. The molecule has 0 saturated heterocycles. The third-order valence-electron chi connectivity index (χ3n) is 9.16. The molecule has 0 bridgehead atoms. The van der Waals surface area contributed by atoms with Gasteiger partial charge in [0.05, 0.1) is 19.3 Å². The van der Waals surface area contributed by atoms with Crippen molar-refractivity contribution < 1.29 is 34.0 Å². The first-order valence-electron chi connectivity index (χ1n) is 17.1. The average molecular weight is 667 g/mol. The van der Waals surface area contributed by atoms with Gasteiger partial charge in [0.1, 0.15) is 17.3 Å². The van der Waals surface area contributed by atoms with Crippen LogP contribution >= 0.6 is 0 Å². The highest BCUT2D eigenvalue weighted by atomic mass is 16.5. The maximum atomic E-state index is 12.7. The maximum absolute atomic E-state index is 12.7. The number of hydrogen-bond acceptors (Lipinski definition) is 7. The van der Waals surface area contributed by atoms with Crippen LogP contribution in [0.1, 0.15) is 66.3 Å². The van der Waals surface area contributed by atoms with Crippen LogP contribution < -0.4 is 4.74 Å². The molecule has 2 atom stereocenters. The molecule has 0 heterocycles. The molecule has 4 aromatic rings. The first kappa shape index (κ1) is 37.4. The molecule has 49 heavy (non-hydrogen) atoms. The lowest BCUT2D eigenvalue weighted by atomic mass is 9.92. The molecule has 2 unspecified atom stereocenters. The summed E-state index contributed by atoms with van der Waals surface area (Å²) in [5, 5.41) is 22.4. The van der Waals surface area contributed by atoms with Crippen molar-refractivity contribution in [2.75, 3.05) is 21.3 Å². The quantitative estimate of drug-likeness (QED) is 0.0981. The monoisotopic (exact) mass is 666 g/mol. The van der Waals surface area contributed by atoms with Crippen molar-refractivity contribution in [3.63, 3.8) is 0 Å². The van der Waals surface area contributed by atoms with Gasteiger partial charge in [-0.1, -0.05) is 66.7 Å². The molecule has 0 saturated carbocycles. The van der Waals surface area contributed by atoms with E-state index in [1.54, 1.807) is 20.3 Å². The van der Waals surface area contributed by atoms with Crippen LogP contribution in [0.2, 0.25) is 0 Å². The van der Waals surface area contributed by atoms with Gasteiger partial charge in [-0.15, -0.1) is 0 Å². The highest BCUT2D eigenvalue weighted by Gasteiger charge is 2.20. The Balaban J connectivity index is 1.42. The van der Waals surface area contributed by atoms with Crippen molar-refractivity contribution in [1.29, 1.82) is 0 Å². The lowest BCUT2D eigenvalue weighted by Gasteiger charge is -2.18. The summed E-state index contributed by atoms with van der Waals surface area (Å²) in [4.78, 5) is 25.5. The Kier molecular flexibility index (Phi) is 14.4. The minimum Gasteiger partial charge on any atom is -0.507 e. The van der Waals surface area contributed by atoms with E-state index >= 15 is 0 Å². The molecule has 0 spiro atoms. The highest BCUT2D eigenvalue weighted by molar-refractivity contribution is 5.81. The molecule has 4 rings (SSSR count). The van der Waals surface area contributed by atoms with Crippen molar-refractivity contribution in [1.82, 2.24) is 0 Å². The Morgan fingerprint density at radius 2 is 1.04 bits per heavy atom. The molecule has 260 valence electrons. The summed E-state index contributed by atoms with van der Waals surface area (Å²) in [5.41, 5.74) is 5.77. The molecule has 0 aromatic heterocycles. The summed E-state index contributed by atoms with van der Waals surface area (Å²) in [7, 11) is 4.76. The SMILES string of the molecule is COc1cc(CCC(CC(=O)CCc2ccccc2)OC)cc(-c2cc(CCC(CC(=O)CCc3ccccc3)OC)cc(C)c2O)c1O. The van der Waals surface area contributed by atoms with Crippen molar-refractivity contribution in [2.45, 2.75) is 83.3 Å². The molecule has 7 heteroatoms. The van der Waals surface area contributed by atoms with Crippen LogP contribution in [-0.2, 0) is 44.7 Å².